The molecule has 5 nitrogen and oxygen atoms in total. The summed E-state index contributed by atoms with van der Waals surface area (Å²) in [5.41, 5.74) is 1.36. The molecule has 0 unspecified atom stereocenters. The van der Waals surface area contributed by atoms with Crippen LogP contribution in [0, 0.1) is 23.2 Å². The molecule has 4 rings (SSSR count). The Hall–Kier alpha value is -2.60. The minimum Gasteiger partial charge on any atom is -0.351 e. The molecule has 1 aromatic carbocycles. The monoisotopic (exact) mass is 363 g/mol. The van der Waals surface area contributed by atoms with Crippen LogP contribution in [0.4, 0.5) is 5.82 Å². The van der Waals surface area contributed by atoms with Crippen molar-refractivity contribution in [2.45, 2.75) is 24.9 Å². The molecule has 0 spiro atoms. The number of halogens is 1. The Bertz CT molecular complexity index is 910. The second kappa shape index (κ2) is 7.33. The van der Waals surface area contributed by atoms with Crippen LogP contribution >= 0.6 is 11.6 Å². The van der Waals surface area contributed by atoms with Gasteiger partial charge in [-0.2, -0.15) is 5.26 Å². The SMILES string of the molecule is N#Cc1nccnc1N1CCN2[C@H](CC[C@H]2C#Cc2cccc(Cl)c2)C1. The Kier molecular flexibility index (Phi) is 4.75. The Morgan fingerprint density at radius 1 is 1.15 bits per heavy atom. The van der Waals surface area contributed by atoms with Crippen molar-refractivity contribution in [3.8, 4) is 17.9 Å². The van der Waals surface area contributed by atoms with Crippen LogP contribution in [0.25, 0.3) is 0 Å². The van der Waals surface area contributed by atoms with Crippen molar-refractivity contribution in [1.29, 1.82) is 5.26 Å². The van der Waals surface area contributed by atoms with Crippen LogP contribution in [0.3, 0.4) is 0 Å². The minimum atomic E-state index is 0.276. The molecule has 2 aliphatic rings. The van der Waals surface area contributed by atoms with E-state index in [0.29, 0.717) is 22.6 Å². The van der Waals surface area contributed by atoms with Gasteiger partial charge in [-0.1, -0.05) is 29.5 Å². The second-order valence-corrected chi connectivity index (χ2v) is 6.99. The molecule has 2 aliphatic heterocycles. The zero-order valence-electron chi connectivity index (χ0n) is 14.3. The summed E-state index contributed by atoms with van der Waals surface area (Å²) in [5, 5.41) is 9.97. The molecule has 0 amide bonds. The van der Waals surface area contributed by atoms with E-state index in [1.807, 2.05) is 24.3 Å². The number of nitriles is 1. The van der Waals surface area contributed by atoms with Crippen molar-refractivity contribution < 1.29 is 0 Å². The van der Waals surface area contributed by atoms with E-state index in [4.69, 9.17) is 11.6 Å². The first-order chi connectivity index (χ1) is 12.7. The number of nitrogens with zero attached hydrogens (tertiary/aromatic N) is 5. The van der Waals surface area contributed by atoms with Gasteiger partial charge in [0.15, 0.2) is 11.5 Å². The summed E-state index contributed by atoms with van der Waals surface area (Å²) in [6.45, 7) is 2.61. The lowest BCUT2D eigenvalue weighted by Crippen LogP contribution is -2.52. The Morgan fingerprint density at radius 3 is 2.88 bits per heavy atom. The Labute approximate surface area is 158 Å². The first kappa shape index (κ1) is 16.8. The van der Waals surface area contributed by atoms with Crippen LogP contribution in [-0.4, -0.2) is 46.6 Å². The summed E-state index contributed by atoms with van der Waals surface area (Å²) < 4.78 is 0. The molecule has 0 N–H and O–H groups in total. The van der Waals surface area contributed by atoms with E-state index in [1.165, 1.54) is 0 Å². The molecule has 2 atom stereocenters. The fourth-order valence-electron chi connectivity index (χ4n) is 3.77. The maximum Gasteiger partial charge on any atom is 0.183 e. The number of fused-ring (bicyclic) bond motifs is 1. The maximum atomic E-state index is 9.26. The topological polar surface area (TPSA) is 56.1 Å². The van der Waals surface area contributed by atoms with Crippen LogP contribution in [0.5, 0.6) is 0 Å². The largest absolute Gasteiger partial charge is 0.351 e. The first-order valence-corrected chi connectivity index (χ1v) is 9.11. The van der Waals surface area contributed by atoms with Crippen molar-refractivity contribution in [3.63, 3.8) is 0 Å². The predicted molar refractivity (Wildman–Crippen MR) is 101 cm³/mol. The lowest BCUT2D eigenvalue weighted by molar-refractivity contribution is 0.202. The Balaban J connectivity index is 1.47. The van der Waals surface area contributed by atoms with Gasteiger partial charge in [-0.15, -0.1) is 0 Å². The maximum absolute atomic E-state index is 9.26. The summed E-state index contributed by atoms with van der Waals surface area (Å²) in [5.74, 6) is 7.38. The zero-order valence-corrected chi connectivity index (χ0v) is 15.0. The first-order valence-electron chi connectivity index (χ1n) is 8.73. The van der Waals surface area contributed by atoms with E-state index in [0.717, 1.165) is 38.0 Å². The fourth-order valence-corrected chi connectivity index (χ4v) is 3.96. The molecule has 1 aromatic heterocycles. The highest BCUT2D eigenvalue weighted by molar-refractivity contribution is 6.30. The van der Waals surface area contributed by atoms with Gasteiger partial charge < -0.3 is 4.90 Å². The van der Waals surface area contributed by atoms with Gasteiger partial charge in [0.25, 0.3) is 0 Å². The summed E-state index contributed by atoms with van der Waals surface area (Å²) in [6.07, 6.45) is 5.39. The third-order valence-electron chi connectivity index (χ3n) is 4.99. The van der Waals surface area contributed by atoms with Crippen molar-refractivity contribution in [3.05, 3.63) is 52.9 Å². The number of hydrogen-bond acceptors (Lipinski definition) is 5. The second-order valence-electron chi connectivity index (χ2n) is 6.55. The van der Waals surface area contributed by atoms with E-state index in [2.05, 4.69) is 37.7 Å². The van der Waals surface area contributed by atoms with Crippen LogP contribution in [-0.2, 0) is 0 Å². The van der Waals surface area contributed by atoms with Crippen molar-refractivity contribution in [2.75, 3.05) is 24.5 Å². The number of hydrogen-bond donors (Lipinski definition) is 0. The molecule has 0 saturated carbocycles. The predicted octanol–water partition coefficient (Wildman–Crippen LogP) is 2.71. The third-order valence-corrected chi connectivity index (χ3v) is 5.23. The van der Waals surface area contributed by atoms with Gasteiger partial charge in [-0.05, 0) is 31.0 Å². The van der Waals surface area contributed by atoms with E-state index >= 15 is 0 Å². The molecule has 0 aliphatic carbocycles. The van der Waals surface area contributed by atoms with Crippen LogP contribution in [0.1, 0.15) is 24.1 Å². The van der Waals surface area contributed by atoms with Gasteiger partial charge in [0.1, 0.15) is 6.07 Å². The van der Waals surface area contributed by atoms with E-state index in [1.54, 1.807) is 12.4 Å². The van der Waals surface area contributed by atoms with Crippen molar-refractivity contribution >= 4 is 17.4 Å². The molecule has 2 aromatic rings. The normalized spacial score (nSPS) is 22.2. The molecule has 6 heteroatoms. The highest BCUT2D eigenvalue weighted by Gasteiger charge is 2.37. The molecule has 26 heavy (non-hydrogen) atoms. The fraction of sp³-hybridized carbons (Fsp3) is 0.350. The molecular formula is C20H18ClN5. The smallest absolute Gasteiger partial charge is 0.183 e. The van der Waals surface area contributed by atoms with Gasteiger partial charge in [-0.3, -0.25) is 4.90 Å². The van der Waals surface area contributed by atoms with Gasteiger partial charge >= 0.3 is 0 Å². The summed E-state index contributed by atoms with van der Waals surface area (Å²) in [4.78, 5) is 13.2. The lowest BCUT2D eigenvalue weighted by atomic mass is 10.1. The van der Waals surface area contributed by atoms with E-state index < -0.39 is 0 Å². The van der Waals surface area contributed by atoms with Crippen LogP contribution < -0.4 is 4.90 Å². The summed E-state index contributed by atoms with van der Waals surface area (Å²) in [7, 11) is 0. The number of rotatable bonds is 1. The average molecular weight is 364 g/mol. The van der Waals surface area contributed by atoms with Gasteiger partial charge in [-0.25, -0.2) is 9.97 Å². The standard InChI is InChI=1S/C20H18ClN5/c21-16-3-1-2-15(12-16)4-5-17-6-7-18-14-25(10-11-26(17)18)20-19(13-22)23-8-9-24-20/h1-3,8-9,12,17-18H,6-7,10-11,14H2/t17-,18-/m1/s1. The third kappa shape index (κ3) is 3.37. The lowest BCUT2D eigenvalue weighted by Gasteiger charge is -2.39. The number of benzene rings is 1. The van der Waals surface area contributed by atoms with E-state index in [9.17, 15) is 5.26 Å². The van der Waals surface area contributed by atoms with E-state index in [-0.39, 0.29) is 6.04 Å². The molecular weight excluding hydrogens is 346 g/mol. The van der Waals surface area contributed by atoms with Crippen LogP contribution in [0.15, 0.2) is 36.7 Å². The average Bonchev–Trinajstić information content (AvgIpc) is 3.08. The number of anilines is 1. The van der Waals surface area contributed by atoms with Crippen molar-refractivity contribution in [1.82, 2.24) is 14.9 Å². The summed E-state index contributed by atoms with van der Waals surface area (Å²) >= 11 is 6.03. The molecule has 0 radical (unpaired) electrons. The van der Waals surface area contributed by atoms with Crippen LogP contribution in [0.2, 0.25) is 5.02 Å². The highest BCUT2D eigenvalue weighted by atomic mass is 35.5. The number of piperazine rings is 1. The zero-order chi connectivity index (χ0) is 17.9. The van der Waals surface area contributed by atoms with Crippen molar-refractivity contribution in [2.24, 2.45) is 0 Å². The molecule has 0 bridgehead atoms. The number of aromatic nitrogens is 2. The minimum absolute atomic E-state index is 0.276. The molecule has 130 valence electrons. The Morgan fingerprint density at radius 2 is 2.04 bits per heavy atom. The quantitative estimate of drug-likeness (QED) is 0.729. The van der Waals surface area contributed by atoms with Gasteiger partial charge in [0, 0.05) is 48.7 Å². The van der Waals surface area contributed by atoms with Gasteiger partial charge in [0.2, 0.25) is 0 Å². The highest BCUT2D eigenvalue weighted by Crippen LogP contribution is 2.29. The molecule has 3 heterocycles. The molecule has 2 fully saturated rings. The van der Waals surface area contributed by atoms with Gasteiger partial charge in [0.05, 0.1) is 6.04 Å². The summed E-state index contributed by atoms with van der Waals surface area (Å²) in [6, 6.07) is 10.5. The molecule has 2 saturated heterocycles.